The van der Waals surface area contributed by atoms with E-state index in [-0.39, 0.29) is 0 Å². The number of nitrogens with two attached hydrogens (primary N) is 1. The summed E-state index contributed by atoms with van der Waals surface area (Å²) in [5.74, 6) is 0.870. The lowest BCUT2D eigenvalue weighted by Gasteiger charge is -2.29. The van der Waals surface area contributed by atoms with E-state index in [1.165, 1.54) is 11.1 Å². The second-order valence-electron chi connectivity index (χ2n) is 5.59. The van der Waals surface area contributed by atoms with Crippen molar-refractivity contribution < 1.29 is 4.74 Å². The number of hydrogen-bond acceptors (Lipinski definition) is 4. The van der Waals surface area contributed by atoms with Crippen molar-refractivity contribution in [3.63, 3.8) is 0 Å². The van der Waals surface area contributed by atoms with Gasteiger partial charge in [-0.25, -0.2) is 0 Å². The van der Waals surface area contributed by atoms with Crippen LogP contribution in [0, 0.1) is 6.92 Å². The Morgan fingerprint density at radius 2 is 2.19 bits per heavy atom. The van der Waals surface area contributed by atoms with E-state index in [0.717, 1.165) is 48.9 Å². The van der Waals surface area contributed by atoms with Crippen molar-refractivity contribution >= 4 is 5.69 Å². The molecule has 2 heterocycles. The van der Waals surface area contributed by atoms with E-state index in [1.54, 1.807) is 7.11 Å². The molecule has 1 aromatic carbocycles. The standard InChI is InChI=1S/C17H21N3O/c1-12-8-15(21-2)9-14(19-12)10-20-7-6-13-4-3-5-17(18)16(13)11-20/h3-5,8-9H,6-7,10-11,18H2,1-2H3. The molecule has 4 nitrogen and oxygen atoms in total. The van der Waals surface area contributed by atoms with Crippen LogP contribution in [0.1, 0.15) is 22.5 Å². The summed E-state index contributed by atoms with van der Waals surface area (Å²) in [6, 6.07) is 10.2. The molecule has 110 valence electrons. The molecule has 0 saturated heterocycles. The van der Waals surface area contributed by atoms with Gasteiger partial charge in [-0.2, -0.15) is 0 Å². The number of nitrogens with zero attached hydrogens (tertiary/aromatic N) is 2. The van der Waals surface area contributed by atoms with Crippen LogP contribution >= 0.6 is 0 Å². The lowest BCUT2D eigenvalue weighted by molar-refractivity contribution is 0.242. The number of rotatable bonds is 3. The van der Waals surface area contributed by atoms with Gasteiger partial charge in [-0.3, -0.25) is 9.88 Å². The average Bonchev–Trinajstić information content (AvgIpc) is 2.47. The minimum absolute atomic E-state index is 0.825. The van der Waals surface area contributed by atoms with E-state index in [2.05, 4.69) is 16.0 Å². The minimum atomic E-state index is 0.825. The molecular weight excluding hydrogens is 262 g/mol. The van der Waals surface area contributed by atoms with Gasteiger partial charge in [-0.15, -0.1) is 0 Å². The fourth-order valence-electron chi connectivity index (χ4n) is 2.93. The average molecular weight is 283 g/mol. The summed E-state index contributed by atoms with van der Waals surface area (Å²) in [6.45, 7) is 4.75. The second-order valence-corrected chi connectivity index (χ2v) is 5.59. The molecule has 3 rings (SSSR count). The third-order valence-corrected chi connectivity index (χ3v) is 3.99. The van der Waals surface area contributed by atoms with E-state index in [9.17, 15) is 0 Å². The predicted molar refractivity (Wildman–Crippen MR) is 84.2 cm³/mol. The summed E-state index contributed by atoms with van der Waals surface area (Å²) in [5.41, 5.74) is 11.7. The summed E-state index contributed by atoms with van der Waals surface area (Å²) in [7, 11) is 1.69. The van der Waals surface area contributed by atoms with E-state index in [0.29, 0.717) is 0 Å². The van der Waals surface area contributed by atoms with Crippen LogP contribution in [-0.2, 0) is 19.5 Å². The molecule has 0 bridgehead atoms. The summed E-state index contributed by atoms with van der Waals surface area (Å²) < 4.78 is 5.32. The van der Waals surface area contributed by atoms with Gasteiger partial charge < -0.3 is 10.5 Å². The van der Waals surface area contributed by atoms with Gasteiger partial charge in [0.15, 0.2) is 0 Å². The Bertz CT molecular complexity index is 654. The molecular formula is C17H21N3O. The van der Waals surface area contributed by atoms with Crippen LogP contribution in [0.2, 0.25) is 0 Å². The number of nitrogen functional groups attached to an aromatic ring is 1. The summed E-state index contributed by atoms with van der Waals surface area (Å²) in [5, 5.41) is 0. The molecule has 0 unspecified atom stereocenters. The molecule has 21 heavy (non-hydrogen) atoms. The lowest BCUT2D eigenvalue weighted by Crippen LogP contribution is -2.31. The Morgan fingerprint density at radius 3 is 3.00 bits per heavy atom. The Labute approximate surface area is 125 Å². The molecule has 0 amide bonds. The van der Waals surface area contributed by atoms with Gasteiger partial charge in [0, 0.05) is 43.1 Å². The predicted octanol–water partition coefficient (Wildman–Crippen LogP) is 2.54. The number of aryl methyl sites for hydroxylation is 1. The zero-order chi connectivity index (χ0) is 14.8. The summed E-state index contributed by atoms with van der Waals surface area (Å²) in [6.07, 6.45) is 1.04. The van der Waals surface area contributed by atoms with E-state index >= 15 is 0 Å². The molecule has 1 aliphatic heterocycles. The SMILES string of the molecule is COc1cc(C)nc(CN2CCc3cccc(N)c3C2)c1. The fourth-order valence-corrected chi connectivity index (χ4v) is 2.93. The number of benzene rings is 1. The molecule has 1 aliphatic rings. The lowest BCUT2D eigenvalue weighted by atomic mass is 9.98. The maximum Gasteiger partial charge on any atom is 0.122 e. The molecule has 1 aromatic heterocycles. The zero-order valence-electron chi connectivity index (χ0n) is 12.6. The topological polar surface area (TPSA) is 51.4 Å². The summed E-state index contributed by atoms with van der Waals surface area (Å²) in [4.78, 5) is 6.99. The van der Waals surface area contributed by atoms with Crippen LogP contribution in [0.25, 0.3) is 0 Å². The Hall–Kier alpha value is -2.07. The largest absolute Gasteiger partial charge is 0.497 e. The minimum Gasteiger partial charge on any atom is -0.497 e. The van der Waals surface area contributed by atoms with Gasteiger partial charge in [0.05, 0.1) is 12.8 Å². The van der Waals surface area contributed by atoms with E-state index in [4.69, 9.17) is 10.5 Å². The first-order chi connectivity index (χ1) is 10.2. The first kappa shape index (κ1) is 13.9. The number of pyridine rings is 1. The molecule has 0 saturated carbocycles. The van der Waals surface area contributed by atoms with Gasteiger partial charge in [0.25, 0.3) is 0 Å². The highest BCUT2D eigenvalue weighted by Gasteiger charge is 2.18. The number of methoxy groups -OCH3 is 1. The second kappa shape index (κ2) is 5.74. The highest BCUT2D eigenvalue weighted by molar-refractivity contribution is 5.51. The molecule has 4 heteroatoms. The number of aromatic nitrogens is 1. The third-order valence-electron chi connectivity index (χ3n) is 3.99. The molecule has 2 N–H and O–H groups in total. The molecule has 0 radical (unpaired) electrons. The van der Waals surface area contributed by atoms with E-state index in [1.807, 2.05) is 31.2 Å². The smallest absolute Gasteiger partial charge is 0.122 e. The fraction of sp³-hybridized carbons (Fsp3) is 0.353. The molecule has 0 aliphatic carbocycles. The first-order valence-electron chi connectivity index (χ1n) is 7.26. The van der Waals surface area contributed by atoms with E-state index < -0.39 is 0 Å². The van der Waals surface area contributed by atoms with Crippen molar-refractivity contribution in [2.24, 2.45) is 0 Å². The van der Waals surface area contributed by atoms with Crippen molar-refractivity contribution in [1.29, 1.82) is 0 Å². The van der Waals surface area contributed by atoms with Gasteiger partial charge in [0.1, 0.15) is 5.75 Å². The van der Waals surface area contributed by atoms with Crippen molar-refractivity contribution in [3.05, 3.63) is 52.8 Å². The van der Waals surface area contributed by atoms with Gasteiger partial charge in [-0.05, 0) is 30.5 Å². The number of fused-ring (bicyclic) bond motifs is 1. The van der Waals surface area contributed by atoms with Gasteiger partial charge >= 0.3 is 0 Å². The van der Waals surface area contributed by atoms with Gasteiger partial charge in [-0.1, -0.05) is 12.1 Å². The Kier molecular flexibility index (Phi) is 3.80. The Balaban J connectivity index is 1.78. The number of hydrogen-bond donors (Lipinski definition) is 1. The van der Waals surface area contributed by atoms with Crippen molar-refractivity contribution in [1.82, 2.24) is 9.88 Å². The zero-order valence-corrected chi connectivity index (χ0v) is 12.6. The molecule has 0 atom stereocenters. The van der Waals surface area contributed by atoms with Crippen LogP contribution in [0.15, 0.2) is 30.3 Å². The quantitative estimate of drug-likeness (QED) is 0.880. The third kappa shape index (κ3) is 3.00. The Morgan fingerprint density at radius 1 is 1.33 bits per heavy atom. The van der Waals surface area contributed by atoms with Crippen LogP contribution in [0.5, 0.6) is 5.75 Å². The van der Waals surface area contributed by atoms with Crippen molar-refractivity contribution in [3.8, 4) is 5.75 Å². The molecule has 2 aromatic rings. The monoisotopic (exact) mass is 283 g/mol. The highest BCUT2D eigenvalue weighted by Crippen LogP contribution is 2.25. The normalized spacial score (nSPS) is 14.8. The van der Waals surface area contributed by atoms with Crippen molar-refractivity contribution in [2.75, 3.05) is 19.4 Å². The molecule has 0 fully saturated rings. The van der Waals surface area contributed by atoms with Gasteiger partial charge in [0.2, 0.25) is 0 Å². The summed E-state index contributed by atoms with van der Waals surface area (Å²) >= 11 is 0. The number of ether oxygens (including phenoxy) is 1. The highest BCUT2D eigenvalue weighted by atomic mass is 16.5. The maximum absolute atomic E-state index is 6.10. The maximum atomic E-state index is 6.10. The van der Waals surface area contributed by atoms with Crippen LogP contribution in [-0.4, -0.2) is 23.5 Å². The first-order valence-corrected chi connectivity index (χ1v) is 7.26. The molecule has 0 spiro atoms. The van der Waals surface area contributed by atoms with Crippen molar-refractivity contribution in [2.45, 2.75) is 26.4 Å². The van der Waals surface area contributed by atoms with Crippen LogP contribution in [0.4, 0.5) is 5.69 Å². The number of anilines is 1. The van der Waals surface area contributed by atoms with Crippen LogP contribution < -0.4 is 10.5 Å². The van der Waals surface area contributed by atoms with Crippen LogP contribution in [0.3, 0.4) is 0 Å².